The minimum atomic E-state index is 0.00421. The number of amides is 1. The average Bonchev–Trinajstić information content (AvgIpc) is 2.76. The van der Waals surface area contributed by atoms with Crippen molar-refractivity contribution in [2.75, 3.05) is 13.1 Å². The molecule has 0 spiro atoms. The highest BCUT2D eigenvalue weighted by Crippen LogP contribution is 2.29. The zero-order valence-corrected chi connectivity index (χ0v) is 12.7. The predicted molar refractivity (Wildman–Crippen MR) is 81.6 cm³/mol. The lowest BCUT2D eigenvalue weighted by Gasteiger charge is -2.31. The highest BCUT2D eigenvalue weighted by molar-refractivity contribution is 6.30. The molecule has 1 aliphatic heterocycles. The highest BCUT2D eigenvalue weighted by atomic mass is 35.5. The second kappa shape index (κ2) is 6.57. The summed E-state index contributed by atoms with van der Waals surface area (Å²) >= 11 is 6.08. The van der Waals surface area contributed by atoms with E-state index in [0.717, 1.165) is 30.1 Å². The monoisotopic (exact) mass is 295 g/mol. The first kappa shape index (κ1) is 15.3. The Balaban J connectivity index is 2.12. The Bertz CT molecular complexity index is 478. The number of hydrogen-bond acceptors (Lipinski definition) is 3. The molecular formula is C15H22ClN3O. The molecule has 110 valence electrons. The van der Waals surface area contributed by atoms with Gasteiger partial charge in [-0.15, -0.1) is 0 Å². The van der Waals surface area contributed by atoms with Crippen LogP contribution >= 0.6 is 11.6 Å². The maximum Gasteiger partial charge on any atom is 0.217 e. The van der Waals surface area contributed by atoms with Gasteiger partial charge in [-0.25, -0.2) is 0 Å². The van der Waals surface area contributed by atoms with E-state index < -0.39 is 0 Å². The topological polar surface area (TPSA) is 58.4 Å². The van der Waals surface area contributed by atoms with Crippen LogP contribution in [0.3, 0.4) is 0 Å². The van der Waals surface area contributed by atoms with Crippen molar-refractivity contribution in [1.29, 1.82) is 0 Å². The van der Waals surface area contributed by atoms with Crippen molar-refractivity contribution in [2.24, 2.45) is 5.73 Å². The van der Waals surface area contributed by atoms with Gasteiger partial charge in [0.05, 0.1) is 0 Å². The van der Waals surface area contributed by atoms with Gasteiger partial charge in [-0.05, 0) is 31.0 Å². The Kier molecular flexibility index (Phi) is 5.02. The lowest BCUT2D eigenvalue weighted by molar-refractivity contribution is -0.119. The molecule has 1 aromatic rings. The summed E-state index contributed by atoms with van der Waals surface area (Å²) in [5.74, 6) is 0.0250. The van der Waals surface area contributed by atoms with E-state index >= 15 is 0 Å². The van der Waals surface area contributed by atoms with E-state index in [4.69, 9.17) is 17.3 Å². The number of carbonyl (C=O) groups is 1. The molecule has 3 unspecified atom stereocenters. The lowest BCUT2D eigenvalue weighted by atomic mass is 9.99. The van der Waals surface area contributed by atoms with Crippen molar-refractivity contribution in [1.82, 2.24) is 10.2 Å². The summed E-state index contributed by atoms with van der Waals surface area (Å²) < 4.78 is 0. The fraction of sp³-hybridized carbons (Fsp3) is 0.533. The lowest BCUT2D eigenvalue weighted by Crippen LogP contribution is -2.41. The van der Waals surface area contributed by atoms with Crippen LogP contribution in [-0.2, 0) is 4.79 Å². The minimum absolute atomic E-state index is 0.00421. The Morgan fingerprint density at radius 2 is 2.30 bits per heavy atom. The second-order valence-corrected chi connectivity index (χ2v) is 5.98. The van der Waals surface area contributed by atoms with Gasteiger partial charge in [-0.1, -0.05) is 23.7 Å². The molecule has 2 rings (SSSR count). The Hall–Kier alpha value is -1.10. The fourth-order valence-corrected chi connectivity index (χ4v) is 3.18. The molecule has 0 bridgehead atoms. The third-order valence-electron chi connectivity index (χ3n) is 3.71. The summed E-state index contributed by atoms with van der Waals surface area (Å²) in [6, 6.07) is 8.21. The maximum atomic E-state index is 11.2. The molecule has 5 heteroatoms. The standard InChI is InChI=1S/C15H22ClN3O/c1-10(17)15(12-4-3-5-13(16)8-12)19-7-6-14(9-19)18-11(2)20/h3-5,8,10,14-15H,6-7,9,17H2,1-2H3,(H,18,20). The van der Waals surface area contributed by atoms with E-state index in [0.29, 0.717) is 0 Å². The Morgan fingerprint density at radius 1 is 1.55 bits per heavy atom. The van der Waals surface area contributed by atoms with E-state index in [1.54, 1.807) is 6.92 Å². The summed E-state index contributed by atoms with van der Waals surface area (Å²) in [5.41, 5.74) is 7.31. The van der Waals surface area contributed by atoms with E-state index in [1.807, 2.05) is 25.1 Å². The van der Waals surface area contributed by atoms with Crippen LogP contribution in [0, 0.1) is 0 Å². The van der Waals surface area contributed by atoms with Gasteiger partial charge in [0.2, 0.25) is 5.91 Å². The van der Waals surface area contributed by atoms with Crippen LogP contribution in [0.2, 0.25) is 5.02 Å². The van der Waals surface area contributed by atoms with Crippen LogP contribution in [0.1, 0.15) is 31.9 Å². The maximum absolute atomic E-state index is 11.2. The summed E-state index contributed by atoms with van der Waals surface area (Å²) in [4.78, 5) is 13.5. The molecule has 0 saturated carbocycles. The summed E-state index contributed by atoms with van der Waals surface area (Å²) in [6.07, 6.45) is 0.962. The number of nitrogens with one attached hydrogen (secondary N) is 1. The van der Waals surface area contributed by atoms with E-state index in [9.17, 15) is 4.79 Å². The van der Waals surface area contributed by atoms with Gasteiger partial charge in [-0.2, -0.15) is 0 Å². The number of likely N-dealkylation sites (tertiary alicyclic amines) is 1. The fourth-order valence-electron chi connectivity index (χ4n) is 2.98. The molecule has 0 aliphatic carbocycles. The van der Waals surface area contributed by atoms with Crippen LogP contribution < -0.4 is 11.1 Å². The Labute approximate surface area is 125 Å². The van der Waals surface area contributed by atoms with Gasteiger partial charge in [0, 0.05) is 43.2 Å². The van der Waals surface area contributed by atoms with E-state index in [1.165, 1.54) is 0 Å². The SMILES string of the molecule is CC(=O)NC1CCN(C(c2cccc(Cl)c2)C(C)N)C1. The first-order valence-corrected chi connectivity index (χ1v) is 7.37. The first-order valence-electron chi connectivity index (χ1n) is 6.99. The van der Waals surface area contributed by atoms with Gasteiger partial charge < -0.3 is 11.1 Å². The van der Waals surface area contributed by atoms with Crippen LogP contribution in [-0.4, -0.2) is 36.0 Å². The van der Waals surface area contributed by atoms with Crippen molar-refractivity contribution in [3.8, 4) is 0 Å². The van der Waals surface area contributed by atoms with Gasteiger partial charge >= 0.3 is 0 Å². The molecule has 3 atom stereocenters. The van der Waals surface area contributed by atoms with Gasteiger partial charge in [0.1, 0.15) is 0 Å². The molecule has 20 heavy (non-hydrogen) atoms. The molecule has 1 aromatic carbocycles. The number of halogens is 1. The van der Waals surface area contributed by atoms with Gasteiger partial charge in [0.25, 0.3) is 0 Å². The number of nitrogens with two attached hydrogens (primary N) is 1. The van der Waals surface area contributed by atoms with Crippen LogP contribution in [0.5, 0.6) is 0 Å². The molecule has 0 radical (unpaired) electrons. The first-order chi connectivity index (χ1) is 9.47. The smallest absolute Gasteiger partial charge is 0.217 e. The number of rotatable bonds is 4. The minimum Gasteiger partial charge on any atom is -0.352 e. The largest absolute Gasteiger partial charge is 0.352 e. The van der Waals surface area contributed by atoms with Gasteiger partial charge in [-0.3, -0.25) is 9.69 Å². The molecular weight excluding hydrogens is 274 g/mol. The quantitative estimate of drug-likeness (QED) is 0.892. The van der Waals surface area contributed by atoms with Crippen molar-refractivity contribution in [3.63, 3.8) is 0 Å². The van der Waals surface area contributed by atoms with Crippen molar-refractivity contribution >= 4 is 17.5 Å². The molecule has 0 aromatic heterocycles. The predicted octanol–water partition coefficient (Wildman–Crippen LogP) is 1.94. The van der Waals surface area contributed by atoms with Gasteiger partial charge in [0.15, 0.2) is 0 Å². The molecule has 1 amide bonds. The highest BCUT2D eigenvalue weighted by Gasteiger charge is 2.31. The molecule has 1 saturated heterocycles. The molecule has 3 N–H and O–H groups in total. The zero-order chi connectivity index (χ0) is 14.7. The van der Waals surface area contributed by atoms with Crippen molar-refractivity contribution in [2.45, 2.75) is 38.4 Å². The number of nitrogens with zero attached hydrogens (tertiary/aromatic N) is 1. The number of benzene rings is 1. The van der Waals surface area contributed by atoms with Crippen LogP contribution in [0.4, 0.5) is 0 Å². The van der Waals surface area contributed by atoms with Crippen LogP contribution in [0.25, 0.3) is 0 Å². The third kappa shape index (κ3) is 3.72. The van der Waals surface area contributed by atoms with E-state index in [-0.39, 0.29) is 24.0 Å². The number of hydrogen-bond donors (Lipinski definition) is 2. The number of carbonyl (C=O) groups excluding carboxylic acids is 1. The molecule has 1 aliphatic rings. The van der Waals surface area contributed by atoms with Crippen molar-refractivity contribution in [3.05, 3.63) is 34.9 Å². The zero-order valence-electron chi connectivity index (χ0n) is 12.0. The third-order valence-corrected chi connectivity index (χ3v) is 3.94. The average molecular weight is 296 g/mol. The molecule has 1 heterocycles. The second-order valence-electron chi connectivity index (χ2n) is 5.54. The summed E-state index contributed by atoms with van der Waals surface area (Å²) in [7, 11) is 0. The molecule has 4 nitrogen and oxygen atoms in total. The Morgan fingerprint density at radius 3 is 2.90 bits per heavy atom. The van der Waals surface area contributed by atoms with E-state index in [2.05, 4.69) is 16.3 Å². The normalized spacial score (nSPS) is 22.5. The summed E-state index contributed by atoms with van der Waals surface area (Å²) in [5, 5.41) is 3.71. The van der Waals surface area contributed by atoms with Crippen LogP contribution in [0.15, 0.2) is 24.3 Å². The molecule has 1 fully saturated rings. The summed E-state index contributed by atoms with van der Waals surface area (Å²) in [6.45, 7) is 5.34. The van der Waals surface area contributed by atoms with Crippen molar-refractivity contribution < 1.29 is 4.79 Å².